The Morgan fingerprint density at radius 2 is 2.00 bits per heavy atom. The standard InChI is InChI=1S/C21H25BrN2O4/c1-3-4-5-11-27-19-10-9-16(12-20(19)26-2)14-23-24-21(25)15-28-18-8-6-7-17(22)13-18/h6-10,12-14H,3-5,11,15H2,1-2H3,(H,24,25)/b23-14-. The zero-order chi connectivity index (χ0) is 20.2. The van der Waals surface area contributed by atoms with Crippen LogP contribution in [0.15, 0.2) is 52.0 Å². The summed E-state index contributed by atoms with van der Waals surface area (Å²) in [7, 11) is 1.59. The summed E-state index contributed by atoms with van der Waals surface area (Å²) in [5.41, 5.74) is 3.22. The zero-order valence-electron chi connectivity index (χ0n) is 16.1. The molecule has 0 unspecified atom stereocenters. The molecule has 7 heteroatoms. The van der Waals surface area contributed by atoms with E-state index in [1.807, 2.05) is 30.3 Å². The predicted molar refractivity (Wildman–Crippen MR) is 113 cm³/mol. The summed E-state index contributed by atoms with van der Waals surface area (Å²) in [5, 5.41) is 3.95. The number of benzene rings is 2. The molecule has 0 bridgehead atoms. The van der Waals surface area contributed by atoms with Crippen LogP contribution in [0.4, 0.5) is 0 Å². The zero-order valence-corrected chi connectivity index (χ0v) is 17.7. The van der Waals surface area contributed by atoms with Gasteiger partial charge in [0.15, 0.2) is 18.1 Å². The molecule has 28 heavy (non-hydrogen) atoms. The first-order valence-electron chi connectivity index (χ1n) is 9.13. The van der Waals surface area contributed by atoms with Gasteiger partial charge in [-0.15, -0.1) is 0 Å². The molecule has 2 aromatic carbocycles. The number of hydrogen-bond acceptors (Lipinski definition) is 5. The Hall–Kier alpha value is -2.54. The second kappa shape index (κ2) is 12.0. The van der Waals surface area contributed by atoms with Crippen LogP contribution in [0.3, 0.4) is 0 Å². The molecule has 150 valence electrons. The molecule has 0 saturated heterocycles. The SMILES string of the molecule is CCCCCOc1ccc(/C=N\NC(=O)COc2cccc(Br)c2)cc1OC. The van der Waals surface area contributed by atoms with Crippen molar-refractivity contribution in [3.8, 4) is 17.2 Å². The molecular weight excluding hydrogens is 424 g/mol. The van der Waals surface area contributed by atoms with E-state index >= 15 is 0 Å². The smallest absolute Gasteiger partial charge is 0.277 e. The van der Waals surface area contributed by atoms with E-state index in [0.29, 0.717) is 23.9 Å². The fraction of sp³-hybridized carbons (Fsp3) is 0.333. The number of nitrogens with one attached hydrogen (secondary N) is 1. The maximum Gasteiger partial charge on any atom is 0.277 e. The minimum Gasteiger partial charge on any atom is -0.493 e. The van der Waals surface area contributed by atoms with Crippen LogP contribution in [-0.4, -0.2) is 32.4 Å². The van der Waals surface area contributed by atoms with Crippen molar-refractivity contribution in [3.63, 3.8) is 0 Å². The predicted octanol–water partition coefficient (Wildman–Crippen LogP) is 4.56. The van der Waals surface area contributed by atoms with Crippen molar-refractivity contribution < 1.29 is 19.0 Å². The number of halogens is 1. The number of hydrogen-bond donors (Lipinski definition) is 1. The van der Waals surface area contributed by atoms with Gasteiger partial charge in [-0.1, -0.05) is 41.8 Å². The topological polar surface area (TPSA) is 69.2 Å². The summed E-state index contributed by atoms with van der Waals surface area (Å²) in [6.45, 7) is 2.69. The first-order valence-corrected chi connectivity index (χ1v) is 9.92. The van der Waals surface area contributed by atoms with Gasteiger partial charge < -0.3 is 14.2 Å². The van der Waals surface area contributed by atoms with E-state index in [4.69, 9.17) is 14.2 Å². The van der Waals surface area contributed by atoms with Crippen LogP contribution in [0.5, 0.6) is 17.2 Å². The summed E-state index contributed by atoms with van der Waals surface area (Å²) in [6, 6.07) is 12.8. The number of ether oxygens (including phenoxy) is 3. The van der Waals surface area contributed by atoms with Crippen LogP contribution >= 0.6 is 15.9 Å². The number of amides is 1. The highest BCUT2D eigenvalue weighted by Crippen LogP contribution is 2.27. The molecule has 2 aromatic rings. The first kappa shape index (κ1) is 21.8. The lowest BCUT2D eigenvalue weighted by molar-refractivity contribution is -0.123. The van der Waals surface area contributed by atoms with Crippen molar-refractivity contribution in [3.05, 3.63) is 52.5 Å². The van der Waals surface area contributed by atoms with Gasteiger partial charge >= 0.3 is 0 Å². The van der Waals surface area contributed by atoms with Crippen molar-refractivity contribution in [1.82, 2.24) is 5.43 Å². The molecule has 1 amide bonds. The summed E-state index contributed by atoms with van der Waals surface area (Å²) in [5.74, 6) is 1.58. The van der Waals surface area contributed by atoms with Gasteiger partial charge in [-0.2, -0.15) is 5.10 Å². The maximum atomic E-state index is 11.8. The van der Waals surface area contributed by atoms with E-state index in [2.05, 4.69) is 33.4 Å². The second-order valence-electron chi connectivity index (χ2n) is 6.01. The molecule has 2 rings (SSSR count). The fourth-order valence-corrected chi connectivity index (χ4v) is 2.71. The minimum atomic E-state index is -0.348. The summed E-state index contributed by atoms with van der Waals surface area (Å²) in [6.07, 6.45) is 4.84. The average molecular weight is 449 g/mol. The molecular formula is C21H25BrN2O4. The Bertz CT molecular complexity index is 796. The number of carbonyl (C=O) groups excluding carboxylic acids is 1. The lowest BCUT2D eigenvalue weighted by Gasteiger charge is -2.11. The van der Waals surface area contributed by atoms with Crippen LogP contribution in [0.2, 0.25) is 0 Å². The third-order valence-electron chi connectivity index (χ3n) is 3.76. The van der Waals surface area contributed by atoms with Crippen molar-refractivity contribution in [2.45, 2.75) is 26.2 Å². The van der Waals surface area contributed by atoms with Gasteiger partial charge in [-0.25, -0.2) is 5.43 Å². The molecule has 0 heterocycles. The monoisotopic (exact) mass is 448 g/mol. The number of methoxy groups -OCH3 is 1. The second-order valence-corrected chi connectivity index (χ2v) is 6.92. The van der Waals surface area contributed by atoms with E-state index in [1.54, 1.807) is 25.5 Å². The van der Waals surface area contributed by atoms with Gasteiger partial charge in [0.05, 0.1) is 19.9 Å². The van der Waals surface area contributed by atoms with Gasteiger partial charge in [-0.05, 0) is 48.4 Å². The highest BCUT2D eigenvalue weighted by Gasteiger charge is 2.05. The molecule has 6 nitrogen and oxygen atoms in total. The van der Waals surface area contributed by atoms with Gasteiger partial charge in [-0.3, -0.25) is 4.79 Å². The Morgan fingerprint density at radius 3 is 2.75 bits per heavy atom. The van der Waals surface area contributed by atoms with Gasteiger partial charge in [0, 0.05) is 4.47 Å². The number of rotatable bonds is 11. The molecule has 0 aromatic heterocycles. The van der Waals surface area contributed by atoms with Crippen molar-refractivity contribution in [2.24, 2.45) is 5.10 Å². The highest BCUT2D eigenvalue weighted by atomic mass is 79.9. The van der Waals surface area contributed by atoms with E-state index in [1.165, 1.54) is 0 Å². The fourth-order valence-electron chi connectivity index (χ4n) is 2.33. The van der Waals surface area contributed by atoms with Crippen molar-refractivity contribution in [2.75, 3.05) is 20.3 Å². The number of unbranched alkanes of at least 4 members (excludes halogenated alkanes) is 2. The van der Waals surface area contributed by atoms with Crippen LogP contribution in [0, 0.1) is 0 Å². The largest absolute Gasteiger partial charge is 0.493 e. The van der Waals surface area contributed by atoms with Gasteiger partial charge in [0.1, 0.15) is 5.75 Å². The third kappa shape index (κ3) is 7.60. The quantitative estimate of drug-likeness (QED) is 0.310. The van der Waals surface area contributed by atoms with Crippen molar-refractivity contribution in [1.29, 1.82) is 0 Å². The van der Waals surface area contributed by atoms with Crippen LogP contribution in [0.1, 0.15) is 31.7 Å². The number of carbonyl (C=O) groups is 1. The Balaban J connectivity index is 1.83. The molecule has 0 fully saturated rings. The molecule has 0 spiro atoms. The molecule has 0 aliphatic carbocycles. The normalized spacial score (nSPS) is 10.7. The maximum absolute atomic E-state index is 11.8. The van der Waals surface area contributed by atoms with Crippen LogP contribution in [-0.2, 0) is 4.79 Å². The van der Waals surface area contributed by atoms with E-state index in [-0.39, 0.29) is 12.5 Å². The Kier molecular flexibility index (Phi) is 9.34. The summed E-state index contributed by atoms with van der Waals surface area (Å²) >= 11 is 3.35. The molecule has 0 radical (unpaired) electrons. The van der Waals surface area contributed by atoms with E-state index in [0.717, 1.165) is 29.3 Å². The van der Waals surface area contributed by atoms with E-state index < -0.39 is 0 Å². The summed E-state index contributed by atoms with van der Waals surface area (Å²) < 4.78 is 17.4. The van der Waals surface area contributed by atoms with Crippen LogP contribution in [0.25, 0.3) is 0 Å². The Morgan fingerprint density at radius 1 is 1.14 bits per heavy atom. The first-order chi connectivity index (χ1) is 13.6. The molecule has 0 aliphatic rings. The molecule has 0 saturated carbocycles. The molecule has 1 N–H and O–H groups in total. The van der Waals surface area contributed by atoms with Crippen LogP contribution < -0.4 is 19.6 Å². The van der Waals surface area contributed by atoms with Gasteiger partial charge in [0.25, 0.3) is 5.91 Å². The highest BCUT2D eigenvalue weighted by molar-refractivity contribution is 9.10. The summed E-state index contributed by atoms with van der Waals surface area (Å²) in [4.78, 5) is 11.8. The van der Waals surface area contributed by atoms with Gasteiger partial charge in [0.2, 0.25) is 0 Å². The molecule has 0 atom stereocenters. The minimum absolute atomic E-state index is 0.123. The molecule has 0 aliphatic heterocycles. The van der Waals surface area contributed by atoms with Crippen molar-refractivity contribution >= 4 is 28.1 Å². The Labute approximate surface area is 174 Å². The third-order valence-corrected chi connectivity index (χ3v) is 4.26. The number of hydrazone groups is 1. The lowest BCUT2D eigenvalue weighted by atomic mass is 10.2. The average Bonchev–Trinajstić information content (AvgIpc) is 2.70. The lowest BCUT2D eigenvalue weighted by Crippen LogP contribution is -2.24. The van der Waals surface area contributed by atoms with E-state index in [9.17, 15) is 4.79 Å². The number of nitrogens with zero attached hydrogens (tertiary/aromatic N) is 1.